The Kier molecular flexibility index (Phi) is 5.51. The van der Waals surface area contributed by atoms with Gasteiger partial charge in [0, 0.05) is 46.2 Å². The number of carbonyl (C=O) groups is 1. The molecule has 1 amide bonds. The van der Waals surface area contributed by atoms with Gasteiger partial charge in [-0.05, 0) is 14.1 Å². The van der Waals surface area contributed by atoms with Crippen LogP contribution in [0, 0.1) is 0 Å². The first kappa shape index (κ1) is 15.4. The second kappa shape index (κ2) is 6.46. The molecule has 0 saturated carbocycles. The fraction of sp³-hybridized carbons (Fsp3) is 0.900. The Morgan fingerprint density at radius 3 is 2.22 bits per heavy atom. The highest BCUT2D eigenvalue weighted by molar-refractivity contribution is 7.87. The molecule has 0 aromatic heterocycles. The first-order valence-electron chi connectivity index (χ1n) is 5.98. The number of carbonyl (C=O) groups excluding carboxylic acids is 1. The van der Waals surface area contributed by atoms with Gasteiger partial charge in [-0.25, -0.2) is 4.72 Å². The van der Waals surface area contributed by atoms with E-state index in [2.05, 4.69) is 4.72 Å². The largest absolute Gasteiger partial charge is 0.340 e. The zero-order valence-electron chi connectivity index (χ0n) is 11.2. The van der Waals surface area contributed by atoms with Gasteiger partial charge in [0.05, 0.1) is 0 Å². The Morgan fingerprint density at radius 1 is 1.22 bits per heavy atom. The molecule has 1 aliphatic rings. The van der Waals surface area contributed by atoms with E-state index in [1.165, 1.54) is 11.4 Å². The molecule has 106 valence electrons. The Morgan fingerprint density at radius 2 is 1.78 bits per heavy atom. The first-order chi connectivity index (χ1) is 8.36. The zero-order valence-corrected chi connectivity index (χ0v) is 12.0. The van der Waals surface area contributed by atoms with Crippen molar-refractivity contribution in [2.75, 3.05) is 53.9 Å². The lowest BCUT2D eigenvalue weighted by molar-refractivity contribution is -0.132. The molecule has 1 heterocycles. The lowest BCUT2D eigenvalue weighted by atomic mass is 10.3. The van der Waals surface area contributed by atoms with Crippen LogP contribution in [0.5, 0.6) is 0 Å². The van der Waals surface area contributed by atoms with E-state index in [1.807, 2.05) is 19.0 Å². The Labute approximate surface area is 109 Å². The quantitative estimate of drug-likeness (QED) is 0.667. The Bertz CT molecular complexity index is 375. The molecule has 0 bridgehead atoms. The molecule has 0 aromatic rings. The van der Waals surface area contributed by atoms with E-state index in [1.54, 1.807) is 4.90 Å². The SMILES string of the molecule is CNS(=O)(=O)N1CCN(C(=O)CCN(C)C)CC1. The number of nitrogens with zero attached hydrogens (tertiary/aromatic N) is 3. The number of hydrogen-bond donors (Lipinski definition) is 1. The van der Waals surface area contributed by atoms with E-state index in [0.717, 1.165) is 0 Å². The molecular formula is C10H22N4O3S. The van der Waals surface area contributed by atoms with Crippen LogP contribution in [0.15, 0.2) is 0 Å². The van der Waals surface area contributed by atoms with Crippen molar-refractivity contribution in [3.05, 3.63) is 0 Å². The fourth-order valence-corrected chi connectivity index (χ4v) is 2.69. The molecule has 1 rings (SSSR count). The van der Waals surface area contributed by atoms with E-state index in [4.69, 9.17) is 0 Å². The third kappa shape index (κ3) is 4.20. The maximum Gasteiger partial charge on any atom is 0.279 e. The van der Waals surface area contributed by atoms with Crippen molar-refractivity contribution in [1.29, 1.82) is 0 Å². The van der Waals surface area contributed by atoms with Gasteiger partial charge in [0.2, 0.25) is 5.91 Å². The van der Waals surface area contributed by atoms with Gasteiger partial charge < -0.3 is 9.80 Å². The Balaban J connectivity index is 2.42. The molecule has 0 radical (unpaired) electrons. The van der Waals surface area contributed by atoms with E-state index in [-0.39, 0.29) is 5.91 Å². The lowest BCUT2D eigenvalue weighted by Crippen LogP contribution is -2.53. The number of piperazine rings is 1. The highest BCUT2D eigenvalue weighted by Crippen LogP contribution is 2.07. The van der Waals surface area contributed by atoms with E-state index < -0.39 is 10.2 Å². The van der Waals surface area contributed by atoms with Crippen LogP contribution in [0.25, 0.3) is 0 Å². The van der Waals surface area contributed by atoms with Gasteiger partial charge in [0.1, 0.15) is 0 Å². The maximum absolute atomic E-state index is 11.8. The normalized spacial score (nSPS) is 18.3. The van der Waals surface area contributed by atoms with Gasteiger partial charge in [0.15, 0.2) is 0 Å². The third-order valence-corrected chi connectivity index (χ3v) is 4.52. The van der Waals surface area contributed by atoms with Gasteiger partial charge in [-0.15, -0.1) is 0 Å². The van der Waals surface area contributed by atoms with Crippen LogP contribution in [0.3, 0.4) is 0 Å². The smallest absolute Gasteiger partial charge is 0.279 e. The second-order valence-corrected chi connectivity index (χ2v) is 6.42. The second-order valence-electron chi connectivity index (χ2n) is 4.54. The van der Waals surface area contributed by atoms with E-state index >= 15 is 0 Å². The minimum Gasteiger partial charge on any atom is -0.340 e. The summed E-state index contributed by atoms with van der Waals surface area (Å²) in [5.74, 6) is 0.0882. The molecule has 8 heteroatoms. The van der Waals surface area contributed by atoms with Gasteiger partial charge in [0.25, 0.3) is 10.2 Å². The molecule has 1 N–H and O–H groups in total. The average molecular weight is 278 g/mol. The van der Waals surface area contributed by atoms with Crippen LogP contribution >= 0.6 is 0 Å². The number of nitrogens with one attached hydrogen (secondary N) is 1. The molecular weight excluding hydrogens is 256 g/mol. The first-order valence-corrected chi connectivity index (χ1v) is 7.42. The van der Waals surface area contributed by atoms with Crippen LogP contribution < -0.4 is 4.72 Å². The number of hydrogen-bond acceptors (Lipinski definition) is 4. The van der Waals surface area contributed by atoms with Crippen molar-refractivity contribution in [2.24, 2.45) is 0 Å². The fourth-order valence-electron chi connectivity index (χ4n) is 1.78. The van der Waals surface area contributed by atoms with Gasteiger partial charge in [-0.2, -0.15) is 12.7 Å². The molecule has 0 aliphatic carbocycles. The molecule has 7 nitrogen and oxygen atoms in total. The summed E-state index contributed by atoms with van der Waals surface area (Å²) in [5, 5.41) is 0. The van der Waals surface area contributed by atoms with Crippen LogP contribution in [-0.4, -0.2) is 82.3 Å². The summed E-state index contributed by atoms with van der Waals surface area (Å²) in [6.07, 6.45) is 0.478. The molecule has 18 heavy (non-hydrogen) atoms. The van der Waals surface area contributed by atoms with Crippen molar-refractivity contribution in [3.63, 3.8) is 0 Å². The van der Waals surface area contributed by atoms with Crippen LogP contribution in [0.2, 0.25) is 0 Å². The molecule has 1 aliphatic heterocycles. The standard InChI is InChI=1S/C10H22N4O3S/c1-11-18(16,17)14-8-6-13(7-9-14)10(15)4-5-12(2)3/h11H,4-9H2,1-3H3. The topological polar surface area (TPSA) is 73.0 Å². The van der Waals surface area contributed by atoms with Crippen LogP contribution in [0.1, 0.15) is 6.42 Å². The highest BCUT2D eigenvalue weighted by atomic mass is 32.2. The molecule has 0 unspecified atom stereocenters. The van der Waals surface area contributed by atoms with Gasteiger partial charge >= 0.3 is 0 Å². The Hall–Kier alpha value is -0.700. The lowest BCUT2D eigenvalue weighted by Gasteiger charge is -2.33. The van der Waals surface area contributed by atoms with E-state index in [0.29, 0.717) is 39.1 Å². The van der Waals surface area contributed by atoms with Crippen molar-refractivity contribution in [1.82, 2.24) is 18.8 Å². The molecule has 0 aromatic carbocycles. The van der Waals surface area contributed by atoms with Gasteiger partial charge in [-0.1, -0.05) is 0 Å². The summed E-state index contributed by atoms with van der Waals surface area (Å²) >= 11 is 0. The summed E-state index contributed by atoms with van der Waals surface area (Å²) in [7, 11) is 1.88. The minimum absolute atomic E-state index is 0.0882. The summed E-state index contributed by atoms with van der Waals surface area (Å²) < 4.78 is 26.7. The van der Waals surface area contributed by atoms with E-state index in [9.17, 15) is 13.2 Å². The third-order valence-electron chi connectivity index (χ3n) is 2.96. The van der Waals surface area contributed by atoms with Crippen molar-refractivity contribution >= 4 is 16.1 Å². The summed E-state index contributed by atoms with van der Waals surface area (Å²) in [6.45, 7) is 2.36. The molecule has 1 fully saturated rings. The molecule has 0 spiro atoms. The molecule has 1 saturated heterocycles. The van der Waals surface area contributed by atoms with Crippen molar-refractivity contribution < 1.29 is 13.2 Å². The zero-order chi connectivity index (χ0) is 13.8. The minimum atomic E-state index is -3.36. The van der Waals surface area contributed by atoms with Crippen molar-refractivity contribution in [2.45, 2.75) is 6.42 Å². The predicted octanol–water partition coefficient (Wildman–Crippen LogP) is -1.45. The highest BCUT2D eigenvalue weighted by Gasteiger charge is 2.27. The molecule has 0 atom stereocenters. The summed E-state index contributed by atoms with van der Waals surface area (Å²) in [5.41, 5.74) is 0. The monoisotopic (exact) mass is 278 g/mol. The number of amides is 1. The van der Waals surface area contributed by atoms with Gasteiger partial charge in [-0.3, -0.25) is 4.79 Å². The predicted molar refractivity (Wildman–Crippen MR) is 69.3 cm³/mol. The maximum atomic E-state index is 11.8. The number of rotatable bonds is 5. The van der Waals surface area contributed by atoms with Crippen LogP contribution in [-0.2, 0) is 15.0 Å². The summed E-state index contributed by atoms with van der Waals surface area (Å²) in [6, 6.07) is 0. The summed E-state index contributed by atoms with van der Waals surface area (Å²) in [4.78, 5) is 15.5. The average Bonchev–Trinajstić information content (AvgIpc) is 2.36. The van der Waals surface area contributed by atoms with Crippen molar-refractivity contribution in [3.8, 4) is 0 Å². The van der Waals surface area contributed by atoms with Crippen LogP contribution in [0.4, 0.5) is 0 Å².